The molecule has 0 fully saturated rings. The van der Waals surface area contributed by atoms with E-state index in [2.05, 4.69) is 14.8 Å². The minimum Gasteiger partial charge on any atom is -0.395 e. The molecule has 1 amide bonds. The molecule has 2 rings (SSSR count). The number of halogens is 2. The van der Waals surface area contributed by atoms with Gasteiger partial charge in [-0.3, -0.25) is 9.69 Å². The van der Waals surface area contributed by atoms with E-state index in [0.29, 0.717) is 5.69 Å². The number of hydrogen-bond donors (Lipinski definition) is 1. The first kappa shape index (κ1) is 14.5. The highest BCUT2D eigenvalue weighted by atomic mass is 19.3. The van der Waals surface area contributed by atoms with E-state index in [0.717, 1.165) is 13.1 Å². The zero-order chi connectivity index (χ0) is 14.8. The molecule has 0 bridgehead atoms. The summed E-state index contributed by atoms with van der Waals surface area (Å²) in [5, 5.41) is 2.64. The standard InChI is InChI=1S/C13H16F2N2O3/c1-3-17(4-2)8-12(18)16-9-5-6-10-11(7-9)20-13(14,15)19-10/h5-7H,3-4,8H2,1-2H3,(H,16,18). The largest absolute Gasteiger partial charge is 0.586 e. The van der Waals surface area contributed by atoms with Crippen LogP contribution in [0.15, 0.2) is 18.2 Å². The lowest BCUT2D eigenvalue weighted by molar-refractivity contribution is -0.286. The van der Waals surface area contributed by atoms with Crippen LogP contribution in [0, 0.1) is 0 Å². The Bertz CT molecular complexity index is 504. The molecule has 1 aliphatic rings. The van der Waals surface area contributed by atoms with Gasteiger partial charge in [-0.1, -0.05) is 13.8 Å². The van der Waals surface area contributed by atoms with Crippen molar-refractivity contribution in [3.05, 3.63) is 18.2 Å². The number of ether oxygens (including phenoxy) is 2. The number of likely N-dealkylation sites (N-methyl/N-ethyl adjacent to an activating group) is 1. The van der Waals surface area contributed by atoms with Gasteiger partial charge in [0, 0.05) is 11.8 Å². The third-order valence-corrected chi connectivity index (χ3v) is 2.95. The maximum absolute atomic E-state index is 12.9. The Morgan fingerprint density at radius 2 is 1.90 bits per heavy atom. The number of hydrogen-bond acceptors (Lipinski definition) is 4. The van der Waals surface area contributed by atoms with E-state index in [-0.39, 0.29) is 24.0 Å². The van der Waals surface area contributed by atoms with Crippen LogP contribution >= 0.6 is 0 Å². The van der Waals surface area contributed by atoms with Crippen LogP contribution < -0.4 is 14.8 Å². The molecule has 0 saturated carbocycles. The smallest absolute Gasteiger partial charge is 0.395 e. The van der Waals surface area contributed by atoms with Gasteiger partial charge < -0.3 is 14.8 Å². The lowest BCUT2D eigenvalue weighted by Gasteiger charge is -2.17. The fourth-order valence-electron chi connectivity index (χ4n) is 1.88. The van der Waals surface area contributed by atoms with Gasteiger partial charge in [-0.05, 0) is 25.2 Å². The van der Waals surface area contributed by atoms with Crippen LogP contribution in [0.2, 0.25) is 0 Å². The molecule has 0 radical (unpaired) electrons. The molecule has 1 aromatic rings. The van der Waals surface area contributed by atoms with Gasteiger partial charge in [0.25, 0.3) is 0 Å². The predicted molar refractivity (Wildman–Crippen MR) is 69.1 cm³/mol. The number of nitrogens with zero attached hydrogens (tertiary/aromatic N) is 1. The molecule has 0 atom stereocenters. The second kappa shape index (κ2) is 5.62. The minimum atomic E-state index is -3.65. The summed E-state index contributed by atoms with van der Waals surface area (Å²) >= 11 is 0. The predicted octanol–water partition coefficient (Wildman–Crippen LogP) is 2.29. The molecule has 0 saturated heterocycles. The highest BCUT2D eigenvalue weighted by Crippen LogP contribution is 2.42. The number of fused-ring (bicyclic) bond motifs is 1. The highest BCUT2D eigenvalue weighted by molar-refractivity contribution is 5.92. The summed E-state index contributed by atoms with van der Waals surface area (Å²) in [4.78, 5) is 13.7. The first-order chi connectivity index (χ1) is 9.43. The number of alkyl halides is 2. The van der Waals surface area contributed by atoms with Gasteiger partial charge in [-0.2, -0.15) is 0 Å². The van der Waals surface area contributed by atoms with E-state index in [4.69, 9.17) is 0 Å². The van der Waals surface area contributed by atoms with E-state index in [1.807, 2.05) is 18.7 Å². The summed E-state index contributed by atoms with van der Waals surface area (Å²) in [5.41, 5.74) is 0.391. The SMILES string of the molecule is CCN(CC)CC(=O)Nc1ccc2c(c1)OC(F)(F)O2. The first-order valence-corrected chi connectivity index (χ1v) is 6.35. The fourth-order valence-corrected chi connectivity index (χ4v) is 1.88. The Labute approximate surface area is 115 Å². The maximum Gasteiger partial charge on any atom is 0.586 e. The number of carbonyl (C=O) groups is 1. The molecule has 0 spiro atoms. The molecule has 1 aliphatic heterocycles. The van der Waals surface area contributed by atoms with Crippen LogP contribution in [0.1, 0.15) is 13.8 Å². The van der Waals surface area contributed by atoms with Crippen molar-refractivity contribution in [2.45, 2.75) is 20.1 Å². The molecule has 0 aromatic heterocycles. The van der Waals surface area contributed by atoms with E-state index in [1.54, 1.807) is 0 Å². The van der Waals surface area contributed by atoms with Gasteiger partial charge in [-0.15, -0.1) is 8.78 Å². The van der Waals surface area contributed by atoms with Crippen molar-refractivity contribution in [1.82, 2.24) is 4.90 Å². The monoisotopic (exact) mass is 286 g/mol. The van der Waals surface area contributed by atoms with Crippen molar-refractivity contribution >= 4 is 11.6 Å². The molecule has 1 N–H and O–H groups in total. The number of rotatable bonds is 5. The second-order valence-corrected chi connectivity index (χ2v) is 4.34. The Balaban J connectivity index is 2.00. The van der Waals surface area contributed by atoms with Gasteiger partial charge in [0.15, 0.2) is 11.5 Å². The third kappa shape index (κ3) is 3.36. The van der Waals surface area contributed by atoms with Gasteiger partial charge in [0.2, 0.25) is 5.91 Å². The molecule has 0 aliphatic carbocycles. The Hall–Kier alpha value is -1.89. The van der Waals surface area contributed by atoms with E-state index in [9.17, 15) is 13.6 Å². The van der Waals surface area contributed by atoms with Crippen molar-refractivity contribution < 1.29 is 23.0 Å². The quantitative estimate of drug-likeness (QED) is 0.902. The Kier molecular flexibility index (Phi) is 4.08. The molecule has 110 valence electrons. The fraction of sp³-hybridized carbons (Fsp3) is 0.462. The Morgan fingerprint density at radius 3 is 2.55 bits per heavy atom. The second-order valence-electron chi connectivity index (χ2n) is 4.34. The summed E-state index contributed by atoms with van der Waals surface area (Å²) in [5.74, 6) is -0.341. The van der Waals surface area contributed by atoms with Crippen LogP contribution in [-0.4, -0.2) is 36.7 Å². The Morgan fingerprint density at radius 1 is 1.25 bits per heavy atom. The van der Waals surface area contributed by atoms with Crippen LogP contribution in [0.25, 0.3) is 0 Å². The topological polar surface area (TPSA) is 50.8 Å². The zero-order valence-corrected chi connectivity index (χ0v) is 11.3. The van der Waals surface area contributed by atoms with Gasteiger partial charge in [-0.25, -0.2) is 0 Å². The average Bonchev–Trinajstić information content (AvgIpc) is 2.69. The van der Waals surface area contributed by atoms with Crippen molar-refractivity contribution in [3.8, 4) is 11.5 Å². The lowest BCUT2D eigenvalue weighted by atomic mass is 10.2. The number of carbonyl (C=O) groups excluding carboxylic acids is 1. The lowest BCUT2D eigenvalue weighted by Crippen LogP contribution is -2.32. The van der Waals surface area contributed by atoms with Crippen LogP contribution in [0.5, 0.6) is 11.5 Å². The van der Waals surface area contributed by atoms with Gasteiger partial charge in [0.1, 0.15) is 0 Å². The number of amides is 1. The molecule has 1 heterocycles. The first-order valence-electron chi connectivity index (χ1n) is 6.35. The molecular weight excluding hydrogens is 270 g/mol. The van der Waals surface area contributed by atoms with Crippen LogP contribution in [0.3, 0.4) is 0 Å². The van der Waals surface area contributed by atoms with Crippen LogP contribution in [0.4, 0.5) is 14.5 Å². The van der Waals surface area contributed by atoms with Crippen LogP contribution in [-0.2, 0) is 4.79 Å². The summed E-state index contributed by atoms with van der Waals surface area (Å²) in [6.45, 7) is 5.69. The van der Waals surface area contributed by atoms with Crippen molar-refractivity contribution in [2.75, 3.05) is 25.0 Å². The van der Waals surface area contributed by atoms with Crippen molar-refractivity contribution in [1.29, 1.82) is 0 Å². The van der Waals surface area contributed by atoms with Gasteiger partial charge >= 0.3 is 6.29 Å². The summed E-state index contributed by atoms with van der Waals surface area (Å²) in [6, 6.07) is 4.14. The molecule has 20 heavy (non-hydrogen) atoms. The number of benzene rings is 1. The zero-order valence-electron chi connectivity index (χ0n) is 11.3. The number of nitrogens with one attached hydrogen (secondary N) is 1. The summed E-state index contributed by atoms with van der Waals surface area (Å²) in [7, 11) is 0. The molecule has 0 unspecified atom stereocenters. The average molecular weight is 286 g/mol. The molecule has 1 aromatic carbocycles. The van der Waals surface area contributed by atoms with E-state index >= 15 is 0 Å². The van der Waals surface area contributed by atoms with Gasteiger partial charge in [0.05, 0.1) is 6.54 Å². The van der Waals surface area contributed by atoms with E-state index in [1.165, 1.54) is 18.2 Å². The minimum absolute atomic E-state index is 0.0447. The third-order valence-electron chi connectivity index (χ3n) is 2.95. The summed E-state index contributed by atoms with van der Waals surface area (Å²) < 4.78 is 34.3. The maximum atomic E-state index is 12.9. The number of anilines is 1. The summed E-state index contributed by atoms with van der Waals surface area (Å²) in [6.07, 6.45) is -3.65. The highest BCUT2D eigenvalue weighted by Gasteiger charge is 2.43. The molecule has 5 nitrogen and oxygen atoms in total. The normalized spacial score (nSPS) is 15.4. The molecule has 7 heteroatoms. The van der Waals surface area contributed by atoms with E-state index < -0.39 is 6.29 Å². The van der Waals surface area contributed by atoms with Crippen molar-refractivity contribution in [2.24, 2.45) is 0 Å². The molecular formula is C13H16F2N2O3. The van der Waals surface area contributed by atoms with Crippen molar-refractivity contribution in [3.63, 3.8) is 0 Å².